The minimum absolute atomic E-state index is 0.159. The Balaban J connectivity index is 1.02. The number of carboxylic acids is 2. The normalized spacial score (nSPS) is 37.9. The summed E-state index contributed by atoms with van der Waals surface area (Å²) in [6.45, 7) is 0.500. The van der Waals surface area contributed by atoms with Crippen LogP contribution < -0.4 is 18.9 Å². The Morgan fingerprint density at radius 2 is 1.11 bits per heavy atom. The molecule has 10 rings (SSSR count). The van der Waals surface area contributed by atoms with Crippen LogP contribution in [0.5, 0.6) is 23.0 Å². The number of carbonyl (C=O) groups is 2. The summed E-state index contributed by atoms with van der Waals surface area (Å²) in [4.78, 5) is 23.6. The standard InChI is InChI=1S/C38H40O8/c39-33(40)3-1-2-21-22-6-7-23-24-8-9-25(35(23)36(22)26(21)12-19-4-10-29-31(14-19)45-17-43-29)38-27(28(37(24)38)16-34(41)42)13-20-5-11-30-32(15-20)46-18-44-30/h4-11,14-15,21-28,35-38H,1-3,12-13,16-18H2,(H,39,40)(H,41,42)/t21-,22+,23+,24-,25+,26+,27+,28+,35+,36+,37+,38-/m1/s1. The summed E-state index contributed by atoms with van der Waals surface area (Å²) >= 11 is 0. The summed E-state index contributed by atoms with van der Waals surface area (Å²) in [5.41, 5.74) is 2.44. The van der Waals surface area contributed by atoms with E-state index >= 15 is 0 Å². The van der Waals surface area contributed by atoms with Gasteiger partial charge in [0, 0.05) is 12.8 Å². The van der Waals surface area contributed by atoms with Crippen LogP contribution in [0.15, 0.2) is 60.7 Å². The highest BCUT2D eigenvalue weighted by Gasteiger charge is 2.67. The first-order valence-electron chi connectivity index (χ1n) is 17.0. The molecule has 0 spiro atoms. The van der Waals surface area contributed by atoms with E-state index in [2.05, 4.69) is 48.6 Å². The molecule has 12 atom stereocenters. The number of ether oxygens (including phenoxy) is 4. The average molecular weight is 625 g/mol. The van der Waals surface area contributed by atoms with Gasteiger partial charge < -0.3 is 29.2 Å². The molecule has 0 aromatic heterocycles. The van der Waals surface area contributed by atoms with Crippen LogP contribution in [-0.2, 0) is 22.4 Å². The van der Waals surface area contributed by atoms with Gasteiger partial charge in [-0.3, -0.25) is 9.59 Å². The SMILES string of the molecule is O=C(O)CCC[C@@H]1[C@@H]2C=C[C@H]3[C@H]4C=C[C@@H]([C@H]3[C@@H]2[C@H]1Cc1ccc2c(c1)OCO2)[C@@H]1[C@@H](Cc2ccc3c(c2)OCO3)[C@H](CC(=O)O)[C@H]41. The minimum Gasteiger partial charge on any atom is -0.481 e. The topological polar surface area (TPSA) is 112 Å². The van der Waals surface area contributed by atoms with Gasteiger partial charge in [0.1, 0.15) is 0 Å². The molecule has 240 valence electrons. The second-order valence-corrected chi connectivity index (χ2v) is 14.7. The number of hydrogen-bond donors (Lipinski definition) is 2. The Hall–Kier alpha value is -3.94. The molecular formula is C38H40O8. The molecule has 6 aliphatic carbocycles. The van der Waals surface area contributed by atoms with Crippen molar-refractivity contribution in [2.24, 2.45) is 71.0 Å². The molecule has 0 unspecified atom stereocenters. The maximum Gasteiger partial charge on any atom is 0.303 e. The molecule has 0 saturated heterocycles. The molecule has 8 heteroatoms. The highest BCUT2D eigenvalue weighted by atomic mass is 16.7. The van der Waals surface area contributed by atoms with Gasteiger partial charge in [-0.1, -0.05) is 36.4 Å². The monoisotopic (exact) mass is 624 g/mol. The third kappa shape index (κ3) is 4.39. The summed E-state index contributed by atoms with van der Waals surface area (Å²) < 4.78 is 22.5. The highest BCUT2D eigenvalue weighted by molar-refractivity contribution is 5.67. The first-order valence-corrected chi connectivity index (χ1v) is 17.0. The number of carboxylic acid groups (broad SMARTS) is 2. The van der Waals surface area contributed by atoms with E-state index in [1.165, 1.54) is 11.1 Å². The Bertz CT molecular complexity index is 1630. The van der Waals surface area contributed by atoms with Gasteiger partial charge in [-0.05, 0) is 132 Å². The minimum atomic E-state index is -0.724. The van der Waals surface area contributed by atoms with E-state index in [4.69, 9.17) is 18.9 Å². The van der Waals surface area contributed by atoms with Crippen LogP contribution >= 0.6 is 0 Å². The smallest absolute Gasteiger partial charge is 0.303 e. The van der Waals surface area contributed by atoms with Crippen LogP contribution in [-0.4, -0.2) is 35.7 Å². The third-order valence-electron chi connectivity index (χ3n) is 12.9. The Labute approximate surface area is 268 Å². The van der Waals surface area contributed by atoms with E-state index < -0.39 is 11.9 Å². The zero-order chi connectivity index (χ0) is 31.1. The summed E-state index contributed by atoms with van der Waals surface area (Å²) in [5, 5.41) is 19.4. The first kappa shape index (κ1) is 28.3. The van der Waals surface area contributed by atoms with Crippen molar-refractivity contribution in [3.63, 3.8) is 0 Å². The summed E-state index contributed by atoms with van der Waals surface area (Å²) in [5.74, 6) is 6.71. The third-order valence-corrected chi connectivity index (χ3v) is 12.9. The molecule has 0 radical (unpaired) electrons. The lowest BCUT2D eigenvalue weighted by Gasteiger charge is -2.71. The van der Waals surface area contributed by atoms with Crippen LogP contribution in [0.25, 0.3) is 0 Å². The van der Waals surface area contributed by atoms with Crippen molar-refractivity contribution >= 4 is 11.9 Å². The lowest BCUT2D eigenvalue weighted by molar-refractivity contribution is -0.193. The summed E-state index contributed by atoms with van der Waals surface area (Å²) in [6, 6.07) is 12.5. The highest BCUT2D eigenvalue weighted by Crippen LogP contribution is 2.71. The van der Waals surface area contributed by atoms with Crippen LogP contribution in [0.2, 0.25) is 0 Å². The molecule has 8 aliphatic rings. The van der Waals surface area contributed by atoms with Crippen molar-refractivity contribution in [3.05, 3.63) is 71.8 Å². The van der Waals surface area contributed by atoms with Crippen molar-refractivity contribution in [3.8, 4) is 23.0 Å². The maximum absolute atomic E-state index is 12.2. The van der Waals surface area contributed by atoms with Gasteiger partial charge >= 0.3 is 11.9 Å². The molecule has 2 aromatic carbocycles. The van der Waals surface area contributed by atoms with Gasteiger partial charge in [0.2, 0.25) is 13.6 Å². The quantitative estimate of drug-likeness (QED) is 0.299. The fourth-order valence-corrected chi connectivity index (χ4v) is 11.4. The van der Waals surface area contributed by atoms with Gasteiger partial charge in [0.05, 0.1) is 0 Å². The Kier molecular flexibility index (Phi) is 6.65. The predicted molar refractivity (Wildman–Crippen MR) is 166 cm³/mol. The summed E-state index contributed by atoms with van der Waals surface area (Å²) in [7, 11) is 0. The van der Waals surface area contributed by atoms with Crippen molar-refractivity contribution in [2.45, 2.75) is 38.5 Å². The Morgan fingerprint density at radius 1 is 0.587 bits per heavy atom. The van der Waals surface area contributed by atoms with Gasteiger partial charge in [0.15, 0.2) is 23.0 Å². The van der Waals surface area contributed by atoms with Crippen LogP contribution in [0.3, 0.4) is 0 Å². The average Bonchev–Trinajstić information content (AvgIpc) is 3.72. The molecule has 2 heterocycles. The lowest BCUT2D eigenvalue weighted by atomic mass is 9.33. The zero-order valence-corrected chi connectivity index (χ0v) is 25.7. The number of aliphatic carboxylic acids is 2. The molecule has 8 nitrogen and oxygen atoms in total. The number of fused-ring (bicyclic) bond motifs is 3. The van der Waals surface area contributed by atoms with E-state index in [0.717, 1.165) is 42.3 Å². The summed E-state index contributed by atoms with van der Waals surface area (Å²) in [6.07, 6.45) is 13.7. The van der Waals surface area contributed by atoms with Gasteiger partial charge in [-0.2, -0.15) is 0 Å². The fourth-order valence-electron chi connectivity index (χ4n) is 11.4. The second-order valence-electron chi connectivity index (χ2n) is 14.7. The molecule has 2 bridgehead atoms. The van der Waals surface area contributed by atoms with E-state index in [-0.39, 0.29) is 32.3 Å². The molecule has 46 heavy (non-hydrogen) atoms. The van der Waals surface area contributed by atoms with Crippen LogP contribution in [0.1, 0.15) is 36.8 Å². The van der Waals surface area contributed by atoms with Crippen LogP contribution in [0.4, 0.5) is 0 Å². The van der Waals surface area contributed by atoms with E-state index in [1.54, 1.807) is 0 Å². The number of rotatable bonds is 10. The van der Waals surface area contributed by atoms with Crippen molar-refractivity contribution < 1.29 is 38.7 Å². The lowest BCUT2D eigenvalue weighted by Crippen LogP contribution is -2.67. The number of benzene rings is 2. The first-order chi connectivity index (χ1) is 22.4. The van der Waals surface area contributed by atoms with Crippen molar-refractivity contribution in [1.82, 2.24) is 0 Å². The predicted octanol–water partition coefficient (Wildman–Crippen LogP) is 6.23. The molecule has 2 aliphatic heterocycles. The Morgan fingerprint density at radius 3 is 1.74 bits per heavy atom. The molecule has 0 amide bonds. The van der Waals surface area contributed by atoms with E-state index in [9.17, 15) is 19.8 Å². The van der Waals surface area contributed by atoms with Crippen molar-refractivity contribution in [2.75, 3.05) is 13.6 Å². The molecule has 3 fully saturated rings. The van der Waals surface area contributed by atoms with E-state index in [1.807, 2.05) is 12.1 Å². The van der Waals surface area contributed by atoms with Gasteiger partial charge in [-0.25, -0.2) is 0 Å². The zero-order valence-electron chi connectivity index (χ0n) is 25.7. The van der Waals surface area contributed by atoms with Crippen LogP contribution in [0, 0.1) is 71.0 Å². The molecule has 3 saturated carbocycles. The van der Waals surface area contributed by atoms with Gasteiger partial charge in [0.25, 0.3) is 0 Å². The molecular weight excluding hydrogens is 584 g/mol. The van der Waals surface area contributed by atoms with Gasteiger partial charge in [-0.15, -0.1) is 0 Å². The molecule has 2 N–H and O–H groups in total. The number of allylic oxidation sites excluding steroid dienone is 4. The number of hydrogen-bond acceptors (Lipinski definition) is 6. The van der Waals surface area contributed by atoms with Crippen molar-refractivity contribution in [1.29, 1.82) is 0 Å². The van der Waals surface area contributed by atoms with E-state index in [0.29, 0.717) is 71.5 Å². The largest absolute Gasteiger partial charge is 0.481 e. The molecule has 2 aromatic rings. The second kappa shape index (κ2) is 10.8. The maximum atomic E-state index is 12.2. The fraction of sp³-hybridized carbons (Fsp3) is 0.526.